The van der Waals surface area contributed by atoms with Crippen LogP contribution < -0.4 is 4.90 Å². The van der Waals surface area contributed by atoms with Crippen LogP contribution in [0, 0.1) is 34.0 Å². The molecule has 0 aliphatic rings. The third-order valence-electron chi connectivity index (χ3n) is 4.14. The van der Waals surface area contributed by atoms with Crippen molar-refractivity contribution >= 4 is 34.7 Å². The first-order chi connectivity index (χ1) is 13.7. The molecule has 1 heterocycles. The lowest BCUT2D eigenvalue weighted by molar-refractivity contribution is 0.745. The van der Waals surface area contributed by atoms with Crippen molar-refractivity contribution in [1.29, 1.82) is 15.8 Å². The van der Waals surface area contributed by atoms with Crippen molar-refractivity contribution in [2.45, 2.75) is 26.7 Å². The molecule has 0 radical (unpaired) electrons. The van der Waals surface area contributed by atoms with E-state index in [0.717, 1.165) is 36.4 Å². The zero-order valence-corrected chi connectivity index (χ0v) is 17.0. The van der Waals surface area contributed by atoms with E-state index in [2.05, 4.69) is 43.0 Å². The Hall–Kier alpha value is -3.33. The number of thiophene rings is 1. The van der Waals surface area contributed by atoms with Gasteiger partial charge >= 0.3 is 0 Å². The van der Waals surface area contributed by atoms with Crippen LogP contribution in [-0.4, -0.2) is 13.1 Å². The van der Waals surface area contributed by atoms with Crippen LogP contribution in [0.5, 0.6) is 0 Å². The largest absolute Gasteiger partial charge is 0.372 e. The average molecular weight is 387 g/mol. The lowest BCUT2D eigenvalue weighted by atomic mass is 10.1. The number of nitrogens with zero attached hydrogens (tertiary/aromatic N) is 4. The second kappa shape index (κ2) is 10.7. The molecule has 140 valence electrons. The Kier molecular flexibility index (Phi) is 8.04. The summed E-state index contributed by atoms with van der Waals surface area (Å²) < 4.78 is 0. The summed E-state index contributed by atoms with van der Waals surface area (Å²) in [7, 11) is 0. The van der Waals surface area contributed by atoms with Crippen molar-refractivity contribution in [3.05, 3.63) is 57.3 Å². The van der Waals surface area contributed by atoms with Crippen LogP contribution in [0.25, 0.3) is 17.7 Å². The van der Waals surface area contributed by atoms with Gasteiger partial charge < -0.3 is 4.90 Å². The quantitative estimate of drug-likeness (QED) is 0.532. The Morgan fingerprint density at radius 2 is 1.54 bits per heavy atom. The molecule has 4 nitrogen and oxygen atoms in total. The molecule has 0 saturated carbocycles. The van der Waals surface area contributed by atoms with Crippen molar-refractivity contribution in [3.63, 3.8) is 0 Å². The Morgan fingerprint density at radius 1 is 0.893 bits per heavy atom. The van der Waals surface area contributed by atoms with Crippen LogP contribution in [0.4, 0.5) is 5.69 Å². The Labute approximate surface area is 170 Å². The summed E-state index contributed by atoms with van der Waals surface area (Å²) in [4.78, 5) is 3.99. The van der Waals surface area contributed by atoms with Gasteiger partial charge in [0.15, 0.2) is 0 Å². The highest BCUT2D eigenvalue weighted by molar-refractivity contribution is 7.14. The Bertz CT molecular complexity index is 953. The third kappa shape index (κ3) is 5.34. The second-order valence-electron chi connectivity index (χ2n) is 6.20. The normalized spacial score (nSPS) is 10.1. The molecule has 0 bridgehead atoms. The van der Waals surface area contributed by atoms with Crippen molar-refractivity contribution in [2.75, 3.05) is 18.0 Å². The number of rotatable bonds is 8. The molecular formula is C23H22N4S. The van der Waals surface area contributed by atoms with Crippen LogP contribution >= 0.6 is 11.3 Å². The molecule has 0 unspecified atom stereocenters. The minimum absolute atomic E-state index is 0.131. The van der Waals surface area contributed by atoms with Gasteiger partial charge in [-0.3, -0.25) is 0 Å². The predicted octanol–water partition coefficient (Wildman–Crippen LogP) is 5.87. The molecule has 2 rings (SSSR count). The molecule has 28 heavy (non-hydrogen) atoms. The molecule has 0 amide bonds. The van der Waals surface area contributed by atoms with E-state index < -0.39 is 0 Å². The SMILES string of the molecule is CCCN(CCC)c1ccc(/C=C/c2ccc(C(C#N)=C(C#N)C#N)s2)cc1. The smallest absolute Gasteiger partial charge is 0.148 e. The summed E-state index contributed by atoms with van der Waals surface area (Å²) in [6, 6.07) is 17.7. The summed E-state index contributed by atoms with van der Waals surface area (Å²) in [6.45, 7) is 6.50. The van der Waals surface area contributed by atoms with Crippen LogP contribution in [0.1, 0.15) is 42.0 Å². The lowest BCUT2D eigenvalue weighted by Gasteiger charge is -2.23. The molecule has 0 spiro atoms. The van der Waals surface area contributed by atoms with E-state index in [1.165, 1.54) is 17.0 Å². The van der Waals surface area contributed by atoms with Crippen LogP contribution in [0.2, 0.25) is 0 Å². The van der Waals surface area contributed by atoms with Crippen LogP contribution in [-0.2, 0) is 0 Å². The maximum Gasteiger partial charge on any atom is 0.148 e. The highest BCUT2D eigenvalue weighted by Gasteiger charge is 2.10. The molecule has 2 aromatic rings. The molecule has 5 heteroatoms. The standard InChI is InChI=1S/C23H22N4S/c1-3-13-27(14-4-2)20-8-5-18(6-9-20)7-10-21-11-12-23(28-21)22(17-26)19(15-24)16-25/h5-12H,3-4,13-14H2,1-2H3/b10-7+. The van der Waals surface area contributed by atoms with Gasteiger partial charge in [-0.1, -0.05) is 32.1 Å². The number of hydrogen-bond donors (Lipinski definition) is 0. The van der Waals surface area contributed by atoms with Gasteiger partial charge in [-0.15, -0.1) is 11.3 Å². The topological polar surface area (TPSA) is 74.6 Å². The third-order valence-corrected chi connectivity index (χ3v) is 5.21. The summed E-state index contributed by atoms with van der Waals surface area (Å²) in [5, 5.41) is 27.2. The Balaban J connectivity index is 2.16. The zero-order chi connectivity index (χ0) is 20.4. The first-order valence-electron chi connectivity index (χ1n) is 9.24. The van der Waals surface area contributed by atoms with Crippen molar-refractivity contribution in [1.82, 2.24) is 0 Å². The highest BCUT2D eigenvalue weighted by Crippen LogP contribution is 2.27. The fraction of sp³-hybridized carbons (Fsp3) is 0.261. The number of nitriles is 3. The van der Waals surface area contributed by atoms with Crippen molar-refractivity contribution in [3.8, 4) is 18.2 Å². The maximum atomic E-state index is 9.25. The minimum atomic E-state index is -0.154. The number of allylic oxidation sites excluding steroid dienone is 2. The van der Waals surface area contributed by atoms with E-state index in [9.17, 15) is 5.26 Å². The van der Waals surface area contributed by atoms with Gasteiger partial charge in [-0.05, 0) is 48.7 Å². The molecule has 0 atom stereocenters. The van der Waals surface area contributed by atoms with Gasteiger partial charge in [0.05, 0.1) is 5.57 Å². The monoisotopic (exact) mass is 386 g/mol. The summed E-state index contributed by atoms with van der Waals surface area (Å²) in [6.07, 6.45) is 6.25. The van der Waals surface area contributed by atoms with Crippen molar-refractivity contribution < 1.29 is 0 Å². The van der Waals surface area contributed by atoms with E-state index in [4.69, 9.17) is 10.5 Å². The first-order valence-corrected chi connectivity index (χ1v) is 10.1. The highest BCUT2D eigenvalue weighted by atomic mass is 32.1. The van der Waals surface area contributed by atoms with E-state index in [0.29, 0.717) is 4.88 Å². The first kappa shape index (κ1) is 21.0. The van der Waals surface area contributed by atoms with Gasteiger partial charge in [0.1, 0.15) is 23.8 Å². The molecule has 0 fully saturated rings. The number of anilines is 1. The summed E-state index contributed by atoms with van der Waals surface area (Å²) >= 11 is 1.39. The summed E-state index contributed by atoms with van der Waals surface area (Å²) in [5.74, 6) is 0. The van der Waals surface area contributed by atoms with Gasteiger partial charge in [0.25, 0.3) is 0 Å². The molecule has 0 aliphatic heterocycles. The van der Waals surface area contributed by atoms with E-state index in [1.54, 1.807) is 18.2 Å². The van der Waals surface area contributed by atoms with Crippen LogP contribution in [0.3, 0.4) is 0 Å². The molecule has 0 N–H and O–H groups in total. The van der Waals surface area contributed by atoms with E-state index in [-0.39, 0.29) is 11.1 Å². The molecule has 0 saturated heterocycles. The lowest BCUT2D eigenvalue weighted by Crippen LogP contribution is -2.24. The molecular weight excluding hydrogens is 364 g/mol. The summed E-state index contributed by atoms with van der Waals surface area (Å²) in [5.41, 5.74) is 2.31. The Morgan fingerprint density at radius 3 is 2.07 bits per heavy atom. The average Bonchev–Trinajstić information content (AvgIpc) is 3.19. The van der Waals surface area contributed by atoms with Gasteiger partial charge in [-0.2, -0.15) is 15.8 Å². The fourth-order valence-corrected chi connectivity index (χ4v) is 3.74. The fourth-order valence-electron chi connectivity index (χ4n) is 2.83. The second-order valence-corrected chi connectivity index (χ2v) is 7.31. The number of benzene rings is 1. The molecule has 0 aliphatic carbocycles. The van der Waals surface area contributed by atoms with E-state index in [1.807, 2.05) is 24.3 Å². The minimum Gasteiger partial charge on any atom is -0.372 e. The molecule has 1 aromatic carbocycles. The van der Waals surface area contributed by atoms with Gasteiger partial charge in [-0.25, -0.2) is 0 Å². The van der Waals surface area contributed by atoms with Gasteiger partial charge in [0.2, 0.25) is 0 Å². The number of hydrogen-bond acceptors (Lipinski definition) is 5. The van der Waals surface area contributed by atoms with Crippen LogP contribution in [0.15, 0.2) is 42.0 Å². The van der Waals surface area contributed by atoms with Gasteiger partial charge in [0, 0.05) is 28.5 Å². The zero-order valence-electron chi connectivity index (χ0n) is 16.1. The molecule has 1 aromatic heterocycles. The van der Waals surface area contributed by atoms with E-state index >= 15 is 0 Å². The maximum absolute atomic E-state index is 9.25. The van der Waals surface area contributed by atoms with Crippen molar-refractivity contribution in [2.24, 2.45) is 0 Å². The predicted molar refractivity (Wildman–Crippen MR) is 116 cm³/mol.